The van der Waals surface area contributed by atoms with Gasteiger partial charge in [0.2, 0.25) is 0 Å². The van der Waals surface area contributed by atoms with E-state index in [1.807, 2.05) is 19.1 Å². The number of carbonyl (C=O) groups is 1. The highest BCUT2D eigenvalue weighted by molar-refractivity contribution is 6.01. The third kappa shape index (κ3) is 2.45. The van der Waals surface area contributed by atoms with Gasteiger partial charge in [0.05, 0.1) is 23.5 Å². The molecule has 1 amide bonds. The molecule has 0 bridgehead atoms. The Bertz CT molecular complexity index is 575. The molecule has 0 atom stereocenters. The molecule has 1 aromatic heterocycles. The van der Waals surface area contributed by atoms with E-state index in [0.717, 1.165) is 11.5 Å². The molecule has 94 valence electrons. The molecule has 0 aliphatic carbocycles. The second kappa shape index (κ2) is 4.83. The summed E-state index contributed by atoms with van der Waals surface area (Å²) in [4.78, 5) is 11.3. The lowest BCUT2D eigenvalue weighted by Crippen LogP contribution is -2.15. The predicted octanol–water partition coefficient (Wildman–Crippen LogP) is 1.88. The zero-order valence-electron chi connectivity index (χ0n) is 10.1. The number of nitrogens with one attached hydrogen (secondary N) is 1. The number of para-hydroxylation sites is 1. The summed E-state index contributed by atoms with van der Waals surface area (Å²) in [5.74, 6) is 1.09. The number of furan rings is 1. The molecule has 0 unspecified atom stereocenters. The van der Waals surface area contributed by atoms with Crippen molar-refractivity contribution in [1.29, 1.82) is 0 Å². The summed E-state index contributed by atoms with van der Waals surface area (Å²) in [5, 5.41) is 3.07. The van der Waals surface area contributed by atoms with Crippen LogP contribution in [0.4, 0.5) is 11.4 Å². The van der Waals surface area contributed by atoms with Crippen LogP contribution in [0.1, 0.15) is 21.9 Å². The Morgan fingerprint density at radius 3 is 2.72 bits per heavy atom. The fourth-order valence-electron chi connectivity index (χ4n) is 1.73. The molecule has 0 fully saturated rings. The van der Waals surface area contributed by atoms with E-state index in [2.05, 4.69) is 5.32 Å². The number of nitrogen functional groups attached to an aromatic ring is 1. The van der Waals surface area contributed by atoms with E-state index < -0.39 is 5.91 Å². The minimum atomic E-state index is -0.513. The third-order valence-corrected chi connectivity index (χ3v) is 2.60. The number of primary amides is 1. The minimum absolute atomic E-state index is 0.373. The smallest absolute Gasteiger partial charge is 0.250 e. The largest absolute Gasteiger partial charge is 0.465 e. The van der Waals surface area contributed by atoms with Crippen LogP contribution in [0.25, 0.3) is 0 Å². The third-order valence-electron chi connectivity index (χ3n) is 2.60. The van der Waals surface area contributed by atoms with Crippen LogP contribution in [0, 0.1) is 6.92 Å². The van der Waals surface area contributed by atoms with E-state index in [1.54, 1.807) is 18.2 Å². The molecule has 1 aromatic carbocycles. The topological polar surface area (TPSA) is 94.3 Å². The Labute approximate surface area is 105 Å². The van der Waals surface area contributed by atoms with E-state index in [-0.39, 0.29) is 0 Å². The first-order valence-corrected chi connectivity index (χ1v) is 5.55. The summed E-state index contributed by atoms with van der Waals surface area (Å²) < 4.78 is 5.43. The zero-order chi connectivity index (χ0) is 13.1. The number of anilines is 2. The van der Waals surface area contributed by atoms with E-state index >= 15 is 0 Å². The van der Waals surface area contributed by atoms with Crippen LogP contribution in [0.2, 0.25) is 0 Å². The van der Waals surface area contributed by atoms with Crippen LogP contribution in [0.5, 0.6) is 0 Å². The van der Waals surface area contributed by atoms with Crippen LogP contribution in [0.15, 0.2) is 34.7 Å². The lowest BCUT2D eigenvalue weighted by Gasteiger charge is -2.11. The van der Waals surface area contributed by atoms with Crippen molar-refractivity contribution >= 4 is 17.3 Å². The Kier molecular flexibility index (Phi) is 3.23. The van der Waals surface area contributed by atoms with E-state index in [1.165, 1.54) is 0 Å². The van der Waals surface area contributed by atoms with Crippen molar-refractivity contribution in [3.8, 4) is 0 Å². The Balaban J connectivity index is 2.20. The maximum atomic E-state index is 11.3. The summed E-state index contributed by atoms with van der Waals surface area (Å²) in [5.41, 5.74) is 12.5. The van der Waals surface area contributed by atoms with Gasteiger partial charge in [0, 0.05) is 0 Å². The highest BCUT2D eigenvalue weighted by Crippen LogP contribution is 2.24. The van der Waals surface area contributed by atoms with Crippen molar-refractivity contribution in [3.63, 3.8) is 0 Å². The fourth-order valence-corrected chi connectivity index (χ4v) is 1.73. The summed E-state index contributed by atoms with van der Waals surface area (Å²) in [7, 11) is 0. The summed E-state index contributed by atoms with van der Waals surface area (Å²) in [6.07, 6.45) is 0. The van der Waals surface area contributed by atoms with Gasteiger partial charge in [-0.3, -0.25) is 4.79 Å². The molecular formula is C13H15N3O2. The van der Waals surface area contributed by atoms with Crippen molar-refractivity contribution in [2.45, 2.75) is 13.5 Å². The van der Waals surface area contributed by atoms with Crippen molar-refractivity contribution in [3.05, 3.63) is 47.4 Å². The number of aryl methyl sites for hydroxylation is 1. The van der Waals surface area contributed by atoms with E-state index in [9.17, 15) is 4.79 Å². The predicted molar refractivity (Wildman–Crippen MR) is 70.1 cm³/mol. The molecule has 0 aliphatic heterocycles. The van der Waals surface area contributed by atoms with Crippen molar-refractivity contribution < 1.29 is 9.21 Å². The number of hydrogen-bond acceptors (Lipinski definition) is 4. The van der Waals surface area contributed by atoms with Gasteiger partial charge in [-0.1, -0.05) is 6.07 Å². The van der Waals surface area contributed by atoms with Crippen LogP contribution in [-0.4, -0.2) is 5.91 Å². The summed E-state index contributed by atoms with van der Waals surface area (Å²) in [6, 6.07) is 8.78. The van der Waals surface area contributed by atoms with Gasteiger partial charge in [0.25, 0.3) is 5.91 Å². The Hall–Kier alpha value is -2.43. The summed E-state index contributed by atoms with van der Waals surface area (Å²) in [6.45, 7) is 2.32. The highest BCUT2D eigenvalue weighted by atomic mass is 16.3. The average molecular weight is 245 g/mol. The molecule has 18 heavy (non-hydrogen) atoms. The molecule has 0 spiro atoms. The molecule has 2 aromatic rings. The van der Waals surface area contributed by atoms with Crippen LogP contribution in [-0.2, 0) is 6.54 Å². The second-order valence-electron chi connectivity index (χ2n) is 4.00. The van der Waals surface area contributed by atoms with Crippen molar-refractivity contribution in [2.24, 2.45) is 5.73 Å². The summed E-state index contributed by atoms with van der Waals surface area (Å²) >= 11 is 0. The average Bonchev–Trinajstić information content (AvgIpc) is 2.73. The van der Waals surface area contributed by atoms with Gasteiger partial charge < -0.3 is 21.2 Å². The normalized spacial score (nSPS) is 10.3. The number of benzene rings is 1. The standard InChI is InChI=1S/C13H15N3O2/c1-8-5-6-9(18-8)7-16-12-10(13(15)17)3-2-4-11(12)14/h2-6,16H,7,14H2,1H3,(H2,15,17). The molecule has 5 N–H and O–H groups in total. The maximum absolute atomic E-state index is 11.3. The first kappa shape index (κ1) is 12.0. The highest BCUT2D eigenvalue weighted by Gasteiger charge is 2.11. The maximum Gasteiger partial charge on any atom is 0.250 e. The van der Waals surface area contributed by atoms with Gasteiger partial charge in [-0.25, -0.2) is 0 Å². The Morgan fingerprint density at radius 2 is 2.11 bits per heavy atom. The number of hydrogen-bond donors (Lipinski definition) is 3. The number of carbonyl (C=O) groups excluding carboxylic acids is 1. The van der Waals surface area contributed by atoms with Gasteiger partial charge in [-0.15, -0.1) is 0 Å². The molecule has 0 saturated carbocycles. The second-order valence-corrected chi connectivity index (χ2v) is 4.00. The van der Waals surface area contributed by atoms with E-state index in [0.29, 0.717) is 23.5 Å². The van der Waals surface area contributed by atoms with Gasteiger partial charge in [-0.2, -0.15) is 0 Å². The number of amides is 1. The SMILES string of the molecule is Cc1ccc(CNc2c(N)cccc2C(N)=O)o1. The van der Waals surface area contributed by atoms with Crippen LogP contribution >= 0.6 is 0 Å². The van der Waals surface area contributed by atoms with Crippen LogP contribution < -0.4 is 16.8 Å². The molecule has 0 aliphatic rings. The van der Waals surface area contributed by atoms with Gasteiger partial charge in [-0.05, 0) is 31.2 Å². The van der Waals surface area contributed by atoms with Gasteiger partial charge in [0.1, 0.15) is 11.5 Å². The molecule has 2 rings (SSSR count). The lowest BCUT2D eigenvalue weighted by atomic mass is 10.1. The molecule has 1 heterocycles. The Morgan fingerprint density at radius 1 is 1.33 bits per heavy atom. The van der Waals surface area contributed by atoms with Crippen molar-refractivity contribution in [2.75, 3.05) is 11.1 Å². The molecule has 0 saturated heterocycles. The lowest BCUT2D eigenvalue weighted by molar-refractivity contribution is 0.100. The molecule has 0 radical (unpaired) electrons. The first-order valence-electron chi connectivity index (χ1n) is 5.55. The molecule has 5 heteroatoms. The molecular weight excluding hydrogens is 230 g/mol. The number of rotatable bonds is 4. The quantitative estimate of drug-likeness (QED) is 0.717. The number of nitrogens with two attached hydrogens (primary N) is 2. The zero-order valence-corrected chi connectivity index (χ0v) is 10.1. The first-order chi connectivity index (χ1) is 8.58. The van der Waals surface area contributed by atoms with E-state index in [4.69, 9.17) is 15.9 Å². The van der Waals surface area contributed by atoms with Crippen LogP contribution in [0.3, 0.4) is 0 Å². The monoisotopic (exact) mass is 245 g/mol. The fraction of sp³-hybridized carbons (Fsp3) is 0.154. The van der Waals surface area contributed by atoms with Crippen molar-refractivity contribution in [1.82, 2.24) is 0 Å². The minimum Gasteiger partial charge on any atom is -0.465 e. The molecule has 5 nitrogen and oxygen atoms in total. The van der Waals surface area contributed by atoms with Gasteiger partial charge >= 0.3 is 0 Å². The van der Waals surface area contributed by atoms with Gasteiger partial charge in [0.15, 0.2) is 0 Å².